The van der Waals surface area contributed by atoms with E-state index in [1.807, 2.05) is 38.4 Å². The summed E-state index contributed by atoms with van der Waals surface area (Å²) in [5.74, 6) is 0.425. The van der Waals surface area contributed by atoms with E-state index in [0.717, 1.165) is 18.0 Å². The van der Waals surface area contributed by atoms with Gasteiger partial charge in [0.15, 0.2) is 0 Å². The van der Waals surface area contributed by atoms with Crippen molar-refractivity contribution in [3.8, 4) is 0 Å². The van der Waals surface area contributed by atoms with Crippen molar-refractivity contribution >= 4 is 24.0 Å². The highest BCUT2D eigenvalue weighted by atomic mass is 35.5. The van der Waals surface area contributed by atoms with Crippen LogP contribution in [0.3, 0.4) is 0 Å². The van der Waals surface area contributed by atoms with Gasteiger partial charge in [0.05, 0.1) is 0 Å². The largest absolute Gasteiger partial charge is 0.259 e. The van der Waals surface area contributed by atoms with Crippen LogP contribution in [0.1, 0.15) is 17.9 Å². The van der Waals surface area contributed by atoms with Gasteiger partial charge in [-0.15, -0.1) is 19.0 Å². The summed E-state index contributed by atoms with van der Waals surface area (Å²) in [6, 6.07) is 8.04. The molecule has 0 amide bonds. The topological polar surface area (TPSA) is 15.3 Å². The zero-order valence-electron chi connectivity index (χ0n) is 10.3. The van der Waals surface area contributed by atoms with E-state index in [4.69, 9.17) is 11.6 Å². The Morgan fingerprint density at radius 1 is 1.53 bits per heavy atom. The van der Waals surface area contributed by atoms with Crippen LogP contribution in [0.25, 0.3) is 0 Å². The smallest absolute Gasteiger partial charge is 0.0408 e. The molecular weight excluding hydrogens is 255 g/mol. The Labute approximate surface area is 115 Å². The van der Waals surface area contributed by atoms with E-state index in [-0.39, 0.29) is 12.4 Å². The molecule has 17 heavy (non-hydrogen) atoms. The molecule has 0 spiro atoms. The summed E-state index contributed by atoms with van der Waals surface area (Å²) in [5.41, 5.74) is 4.36. The van der Waals surface area contributed by atoms with Crippen molar-refractivity contribution in [3.05, 3.63) is 47.5 Å². The average Bonchev–Trinajstić information content (AvgIpc) is 2.28. The lowest BCUT2D eigenvalue weighted by Crippen LogP contribution is -2.34. The molecule has 2 nitrogen and oxygen atoms in total. The Morgan fingerprint density at radius 3 is 2.76 bits per heavy atom. The Kier molecular flexibility index (Phi) is 8.26. The van der Waals surface area contributed by atoms with E-state index in [9.17, 15) is 0 Å². The van der Waals surface area contributed by atoms with Crippen molar-refractivity contribution in [2.75, 3.05) is 20.6 Å². The number of hydrazine groups is 1. The minimum Gasteiger partial charge on any atom is -0.259 e. The molecule has 1 rings (SSSR count). The minimum atomic E-state index is 0. The second-order valence-corrected chi connectivity index (χ2v) is 4.32. The van der Waals surface area contributed by atoms with Gasteiger partial charge in [0.2, 0.25) is 0 Å². The SMILES string of the molecule is C=CCC(CN(C)NC)c1cccc(Cl)c1.Cl. The predicted octanol–water partition coefficient (Wildman–Crippen LogP) is 3.49. The molecule has 4 heteroatoms. The van der Waals surface area contributed by atoms with Gasteiger partial charge in [-0.05, 0) is 31.2 Å². The van der Waals surface area contributed by atoms with E-state index in [0.29, 0.717) is 5.92 Å². The normalized spacial score (nSPS) is 12.0. The Hall–Kier alpha value is -0.540. The van der Waals surface area contributed by atoms with Crippen LogP contribution in [0.5, 0.6) is 0 Å². The molecule has 0 saturated carbocycles. The molecule has 0 saturated heterocycles. The lowest BCUT2D eigenvalue weighted by atomic mass is 9.95. The van der Waals surface area contributed by atoms with E-state index in [2.05, 4.69) is 23.1 Å². The Balaban J connectivity index is 0.00000256. The van der Waals surface area contributed by atoms with Crippen LogP contribution < -0.4 is 5.43 Å². The molecular formula is C13H20Cl2N2. The van der Waals surface area contributed by atoms with Crippen LogP contribution in [-0.4, -0.2) is 25.6 Å². The van der Waals surface area contributed by atoms with Crippen LogP contribution in [0.2, 0.25) is 5.02 Å². The number of nitrogens with zero attached hydrogens (tertiary/aromatic N) is 1. The van der Waals surface area contributed by atoms with Gasteiger partial charge < -0.3 is 0 Å². The van der Waals surface area contributed by atoms with Crippen molar-refractivity contribution in [2.24, 2.45) is 0 Å². The Bertz CT molecular complexity index is 342. The zero-order valence-corrected chi connectivity index (χ0v) is 11.9. The Morgan fingerprint density at radius 2 is 2.24 bits per heavy atom. The standard InChI is InChI=1S/C13H19ClN2.ClH/c1-4-6-12(10-16(3)15-2)11-7-5-8-13(14)9-11;/h4-5,7-9,12,15H,1,6,10H2,2-3H3;1H. The number of nitrogens with one attached hydrogen (secondary N) is 1. The van der Waals surface area contributed by atoms with E-state index < -0.39 is 0 Å². The molecule has 0 fully saturated rings. The molecule has 0 heterocycles. The molecule has 0 aliphatic carbocycles. The number of likely N-dealkylation sites (N-methyl/N-ethyl adjacent to an activating group) is 1. The average molecular weight is 275 g/mol. The molecule has 1 atom stereocenters. The maximum absolute atomic E-state index is 6.00. The van der Waals surface area contributed by atoms with E-state index in [1.54, 1.807) is 0 Å². The number of allylic oxidation sites excluding steroid dienone is 1. The van der Waals surface area contributed by atoms with Crippen molar-refractivity contribution < 1.29 is 0 Å². The van der Waals surface area contributed by atoms with E-state index >= 15 is 0 Å². The fourth-order valence-electron chi connectivity index (χ4n) is 1.70. The van der Waals surface area contributed by atoms with Crippen molar-refractivity contribution in [1.29, 1.82) is 0 Å². The first-order chi connectivity index (χ1) is 7.67. The fraction of sp³-hybridized carbons (Fsp3) is 0.385. The maximum Gasteiger partial charge on any atom is 0.0408 e. The van der Waals surface area contributed by atoms with E-state index in [1.165, 1.54) is 5.56 Å². The van der Waals surface area contributed by atoms with Gasteiger partial charge >= 0.3 is 0 Å². The molecule has 0 aromatic heterocycles. The molecule has 1 aromatic rings. The van der Waals surface area contributed by atoms with Gasteiger partial charge in [0.1, 0.15) is 0 Å². The first-order valence-electron chi connectivity index (χ1n) is 5.42. The summed E-state index contributed by atoms with van der Waals surface area (Å²) in [6.07, 6.45) is 2.90. The van der Waals surface area contributed by atoms with Crippen LogP contribution in [0, 0.1) is 0 Å². The highest BCUT2D eigenvalue weighted by molar-refractivity contribution is 6.30. The molecule has 0 aliphatic heterocycles. The van der Waals surface area contributed by atoms with Crippen molar-refractivity contribution in [2.45, 2.75) is 12.3 Å². The molecule has 96 valence electrons. The predicted molar refractivity (Wildman–Crippen MR) is 77.9 cm³/mol. The van der Waals surface area contributed by atoms with Gasteiger partial charge in [0, 0.05) is 24.5 Å². The number of halogens is 2. The van der Waals surface area contributed by atoms with Gasteiger partial charge in [-0.25, -0.2) is 5.01 Å². The van der Waals surface area contributed by atoms with Gasteiger partial charge in [0.25, 0.3) is 0 Å². The first-order valence-corrected chi connectivity index (χ1v) is 5.80. The summed E-state index contributed by atoms with van der Waals surface area (Å²) < 4.78 is 0. The van der Waals surface area contributed by atoms with Crippen molar-refractivity contribution in [3.63, 3.8) is 0 Å². The molecule has 1 aromatic carbocycles. The molecule has 1 N–H and O–H groups in total. The molecule has 1 unspecified atom stereocenters. The van der Waals surface area contributed by atoms with Gasteiger partial charge in [-0.2, -0.15) is 0 Å². The quantitative estimate of drug-likeness (QED) is 0.631. The summed E-state index contributed by atoms with van der Waals surface area (Å²) >= 11 is 6.00. The summed E-state index contributed by atoms with van der Waals surface area (Å²) in [5, 5.41) is 2.85. The summed E-state index contributed by atoms with van der Waals surface area (Å²) in [4.78, 5) is 0. The third-order valence-electron chi connectivity index (χ3n) is 2.65. The van der Waals surface area contributed by atoms with Crippen LogP contribution in [0.4, 0.5) is 0 Å². The highest BCUT2D eigenvalue weighted by Gasteiger charge is 2.12. The van der Waals surface area contributed by atoms with Crippen LogP contribution in [-0.2, 0) is 0 Å². The zero-order chi connectivity index (χ0) is 12.0. The molecule has 0 radical (unpaired) electrons. The maximum atomic E-state index is 6.00. The summed E-state index contributed by atoms with van der Waals surface area (Å²) in [7, 11) is 3.95. The summed E-state index contributed by atoms with van der Waals surface area (Å²) in [6.45, 7) is 4.74. The third-order valence-corrected chi connectivity index (χ3v) is 2.88. The molecule has 0 bridgehead atoms. The van der Waals surface area contributed by atoms with Crippen molar-refractivity contribution in [1.82, 2.24) is 10.4 Å². The minimum absolute atomic E-state index is 0. The fourth-order valence-corrected chi connectivity index (χ4v) is 1.90. The molecule has 0 aliphatic rings. The van der Waals surface area contributed by atoms with Gasteiger partial charge in [-0.3, -0.25) is 5.43 Å². The second kappa shape index (κ2) is 8.54. The number of benzene rings is 1. The number of hydrogen-bond donors (Lipinski definition) is 1. The number of hydrogen-bond acceptors (Lipinski definition) is 2. The second-order valence-electron chi connectivity index (χ2n) is 3.88. The monoisotopic (exact) mass is 274 g/mol. The number of rotatable bonds is 6. The van der Waals surface area contributed by atoms with Crippen LogP contribution in [0.15, 0.2) is 36.9 Å². The lowest BCUT2D eigenvalue weighted by molar-refractivity contribution is 0.243. The third kappa shape index (κ3) is 5.55. The lowest BCUT2D eigenvalue weighted by Gasteiger charge is -2.22. The first kappa shape index (κ1) is 16.5. The van der Waals surface area contributed by atoms with Crippen LogP contribution >= 0.6 is 24.0 Å². The van der Waals surface area contributed by atoms with Gasteiger partial charge in [-0.1, -0.05) is 29.8 Å². The highest BCUT2D eigenvalue weighted by Crippen LogP contribution is 2.23.